The van der Waals surface area contributed by atoms with Crippen LogP contribution < -0.4 is 4.90 Å². The van der Waals surface area contributed by atoms with Crippen molar-refractivity contribution in [2.75, 3.05) is 24.5 Å². The van der Waals surface area contributed by atoms with E-state index >= 15 is 0 Å². The summed E-state index contributed by atoms with van der Waals surface area (Å²) in [5.41, 5.74) is 0.666. The Kier molecular flexibility index (Phi) is 4.81. The van der Waals surface area contributed by atoms with Crippen molar-refractivity contribution in [2.24, 2.45) is 0 Å². The number of halogens is 2. The van der Waals surface area contributed by atoms with E-state index in [2.05, 4.69) is 16.8 Å². The van der Waals surface area contributed by atoms with Crippen LogP contribution in [0.3, 0.4) is 0 Å². The van der Waals surface area contributed by atoms with Crippen LogP contribution in [0.4, 0.5) is 10.2 Å². The van der Waals surface area contributed by atoms with Crippen molar-refractivity contribution in [1.29, 1.82) is 0 Å². The van der Waals surface area contributed by atoms with Gasteiger partial charge < -0.3 is 9.80 Å². The van der Waals surface area contributed by atoms with Gasteiger partial charge in [-0.15, -0.1) is 0 Å². The zero-order valence-electron chi connectivity index (χ0n) is 15.4. The first-order valence-electron chi connectivity index (χ1n) is 9.43. The second-order valence-corrected chi connectivity index (χ2v) is 8.01. The molecule has 1 aliphatic heterocycles. The maximum atomic E-state index is 13.4. The molecule has 2 aromatic rings. The molecule has 6 heteroatoms. The van der Waals surface area contributed by atoms with E-state index in [0.29, 0.717) is 24.7 Å². The molecule has 1 aromatic carbocycles. The lowest BCUT2D eigenvalue weighted by Crippen LogP contribution is -2.59. The first-order chi connectivity index (χ1) is 13.0. The van der Waals surface area contributed by atoms with Gasteiger partial charge in [0.25, 0.3) is 0 Å². The first kappa shape index (κ1) is 18.2. The highest BCUT2D eigenvalue weighted by atomic mass is 35.5. The monoisotopic (exact) mass is 387 g/mol. The molecule has 1 atom stereocenters. The second kappa shape index (κ2) is 7.12. The SMILES string of the molecule is CC1CN(C(=O)C2(c3ccc(Cl)cc3)CCC2)CCN1c1ccc(F)cn1. The van der Waals surface area contributed by atoms with Gasteiger partial charge in [0.05, 0.1) is 11.6 Å². The lowest BCUT2D eigenvalue weighted by atomic mass is 9.63. The molecule has 0 spiro atoms. The van der Waals surface area contributed by atoms with Gasteiger partial charge in [0.1, 0.15) is 11.6 Å². The Hall–Kier alpha value is -2.14. The molecule has 0 radical (unpaired) electrons. The van der Waals surface area contributed by atoms with Crippen LogP contribution in [0.1, 0.15) is 31.7 Å². The average molecular weight is 388 g/mol. The van der Waals surface area contributed by atoms with Gasteiger partial charge in [0.2, 0.25) is 5.91 Å². The molecule has 2 fully saturated rings. The van der Waals surface area contributed by atoms with Gasteiger partial charge in [-0.2, -0.15) is 0 Å². The van der Waals surface area contributed by atoms with Crippen LogP contribution in [0, 0.1) is 5.82 Å². The van der Waals surface area contributed by atoms with Gasteiger partial charge in [-0.1, -0.05) is 30.2 Å². The number of anilines is 1. The summed E-state index contributed by atoms with van der Waals surface area (Å²) >= 11 is 6.02. The third-order valence-corrected chi connectivity index (χ3v) is 6.19. The number of piperazine rings is 1. The van der Waals surface area contributed by atoms with Crippen LogP contribution in [0.25, 0.3) is 0 Å². The number of benzene rings is 1. The average Bonchev–Trinajstić information content (AvgIpc) is 2.63. The number of nitrogens with zero attached hydrogens (tertiary/aromatic N) is 3. The maximum Gasteiger partial charge on any atom is 0.233 e. The fourth-order valence-electron chi connectivity index (χ4n) is 4.25. The van der Waals surface area contributed by atoms with Crippen molar-refractivity contribution in [3.05, 3.63) is 59.0 Å². The van der Waals surface area contributed by atoms with Crippen molar-refractivity contribution < 1.29 is 9.18 Å². The third kappa shape index (κ3) is 3.29. The van der Waals surface area contributed by atoms with Crippen LogP contribution in [-0.4, -0.2) is 41.5 Å². The van der Waals surface area contributed by atoms with E-state index in [1.807, 2.05) is 29.2 Å². The highest BCUT2D eigenvalue weighted by Crippen LogP contribution is 2.45. The summed E-state index contributed by atoms with van der Waals surface area (Å²) in [5, 5.41) is 0.690. The largest absolute Gasteiger partial charge is 0.350 e. The zero-order chi connectivity index (χ0) is 19.0. The van der Waals surface area contributed by atoms with Crippen molar-refractivity contribution >= 4 is 23.3 Å². The van der Waals surface area contributed by atoms with Crippen LogP contribution >= 0.6 is 11.6 Å². The topological polar surface area (TPSA) is 36.4 Å². The number of carbonyl (C=O) groups excluding carboxylic acids is 1. The Labute approximate surface area is 163 Å². The minimum Gasteiger partial charge on any atom is -0.350 e. The maximum absolute atomic E-state index is 13.4. The molecule has 2 aliphatic rings. The zero-order valence-corrected chi connectivity index (χ0v) is 16.1. The van der Waals surface area contributed by atoms with Crippen molar-refractivity contribution in [3.63, 3.8) is 0 Å². The van der Waals surface area contributed by atoms with Gasteiger partial charge in [-0.3, -0.25) is 4.79 Å². The van der Waals surface area contributed by atoms with Crippen molar-refractivity contribution in [1.82, 2.24) is 9.88 Å². The predicted octanol–water partition coefficient (Wildman–Crippen LogP) is 4.03. The number of pyridine rings is 1. The van der Waals surface area contributed by atoms with Gasteiger partial charge in [0, 0.05) is 30.7 Å². The van der Waals surface area contributed by atoms with E-state index in [4.69, 9.17) is 11.6 Å². The van der Waals surface area contributed by atoms with E-state index in [-0.39, 0.29) is 17.8 Å². The van der Waals surface area contributed by atoms with E-state index < -0.39 is 5.41 Å². The Morgan fingerprint density at radius 3 is 2.48 bits per heavy atom. The second-order valence-electron chi connectivity index (χ2n) is 7.57. The number of amides is 1. The number of hydrogen-bond donors (Lipinski definition) is 0. The Bertz CT molecular complexity index is 820. The summed E-state index contributed by atoms with van der Waals surface area (Å²) in [7, 11) is 0. The van der Waals surface area contributed by atoms with Crippen LogP contribution in [0.5, 0.6) is 0 Å². The van der Waals surface area contributed by atoms with E-state index in [1.165, 1.54) is 12.3 Å². The lowest BCUT2D eigenvalue weighted by molar-refractivity contribution is -0.141. The normalized spacial score (nSPS) is 21.7. The summed E-state index contributed by atoms with van der Waals surface area (Å²) in [5.74, 6) is 0.636. The molecular formula is C21H23ClFN3O. The summed E-state index contributed by atoms with van der Waals surface area (Å²) in [6.07, 6.45) is 4.09. The summed E-state index contributed by atoms with van der Waals surface area (Å²) in [6.45, 7) is 4.08. The molecule has 0 N–H and O–H groups in total. The fourth-order valence-corrected chi connectivity index (χ4v) is 4.37. The van der Waals surface area contributed by atoms with E-state index in [9.17, 15) is 9.18 Å². The van der Waals surface area contributed by atoms with Gasteiger partial charge in [-0.05, 0) is 49.6 Å². The predicted molar refractivity (Wildman–Crippen MR) is 105 cm³/mol. The summed E-state index contributed by atoms with van der Waals surface area (Å²) in [4.78, 5) is 21.7. The summed E-state index contributed by atoms with van der Waals surface area (Å²) < 4.78 is 13.1. The van der Waals surface area contributed by atoms with Crippen LogP contribution in [-0.2, 0) is 10.2 Å². The number of rotatable bonds is 3. The fraction of sp³-hybridized carbons (Fsp3) is 0.429. The smallest absolute Gasteiger partial charge is 0.233 e. The molecule has 1 saturated heterocycles. The highest BCUT2D eigenvalue weighted by molar-refractivity contribution is 6.30. The Morgan fingerprint density at radius 1 is 1.19 bits per heavy atom. The van der Waals surface area contributed by atoms with Crippen LogP contribution in [0.15, 0.2) is 42.6 Å². The summed E-state index contributed by atoms with van der Waals surface area (Å²) in [6, 6.07) is 11.0. The lowest BCUT2D eigenvalue weighted by Gasteiger charge is -2.48. The van der Waals surface area contributed by atoms with Crippen LogP contribution in [0.2, 0.25) is 5.02 Å². The van der Waals surface area contributed by atoms with E-state index in [1.54, 1.807) is 6.07 Å². The molecular weight excluding hydrogens is 365 g/mol. The number of carbonyl (C=O) groups is 1. The number of aromatic nitrogens is 1. The Morgan fingerprint density at radius 2 is 1.93 bits per heavy atom. The molecule has 142 valence electrons. The molecule has 1 amide bonds. The molecule has 1 aromatic heterocycles. The molecule has 2 heterocycles. The minimum absolute atomic E-state index is 0.128. The minimum atomic E-state index is -0.402. The standard InChI is InChI=1S/C21H23ClFN3O/c1-15-14-25(11-12-26(15)19-8-7-18(23)13-24-19)20(27)21(9-2-10-21)16-3-5-17(22)6-4-16/h3-8,13,15H,2,9-12,14H2,1H3. The van der Waals surface area contributed by atoms with E-state index in [0.717, 1.165) is 30.6 Å². The first-order valence-corrected chi connectivity index (χ1v) is 9.81. The molecule has 1 aliphatic carbocycles. The number of hydrogen-bond acceptors (Lipinski definition) is 3. The molecule has 1 saturated carbocycles. The third-order valence-electron chi connectivity index (χ3n) is 5.93. The Balaban J connectivity index is 1.50. The van der Waals surface area contributed by atoms with Crippen molar-refractivity contribution in [2.45, 2.75) is 37.6 Å². The van der Waals surface area contributed by atoms with Gasteiger partial charge in [0.15, 0.2) is 0 Å². The molecule has 0 bridgehead atoms. The van der Waals surface area contributed by atoms with Gasteiger partial charge >= 0.3 is 0 Å². The molecule has 4 rings (SSSR count). The van der Waals surface area contributed by atoms with Gasteiger partial charge in [-0.25, -0.2) is 9.37 Å². The molecule has 27 heavy (non-hydrogen) atoms. The highest BCUT2D eigenvalue weighted by Gasteiger charge is 2.48. The quantitative estimate of drug-likeness (QED) is 0.797. The molecule has 4 nitrogen and oxygen atoms in total. The van der Waals surface area contributed by atoms with Crippen molar-refractivity contribution in [3.8, 4) is 0 Å². The molecule has 1 unspecified atom stereocenters.